The Morgan fingerprint density at radius 2 is 1.65 bits per heavy atom. The van der Waals surface area contributed by atoms with E-state index < -0.39 is 5.97 Å². The lowest BCUT2D eigenvalue weighted by Crippen LogP contribution is -2.33. The van der Waals surface area contributed by atoms with Crippen molar-refractivity contribution in [3.63, 3.8) is 0 Å². The zero-order chi connectivity index (χ0) is 18.7. The van der Waals surface area contributed by atoms with Crippen LogP contribution in [0.3, 0.4) is 0 Å². The minimum atomic E-state index is -0.587. The monoisotopic (exact) mass is 481 g/mol. The van der Waals surface area contributed by atoms with E-state index in [0.717, 1.165) is 9.37 Å². The van der Waals surface area contributed by atoms with Gasteiger partial charge in [-0.2, -0.15) is 0 Å². The van der Waals surface area contributed by atoms with Gasteiger partial charge >= 0.3 is 5.97 Å². The maximum absolute atomic E-state index is 12.2. The zero-order valence-electron chi connectivity index (χ0n) is 13.4. The Hall–Kier alpha value is -2.19. The van der Waals surface area contributed by atoms with Gasteiger partial charge in [-0.3, -0.25) is 14.5 Å². The van der Waals surface area contributed by atoms with Crippen LogP contribution in [0.5, 0.6) is 5.75 Å². The van der Waals surface area contributed by atoms with Gasteiger partial charge in [0.2, 0.25) is 0 Å². The molecule has 0 aliphatic carbocycles. The van der Waals surface area contributed by atoms with E-state index in [0.29, 0.717) is 21.3 Å². The molecule has 0 N–H and O–H groups in total. The molecule has 0 saturated carbocycles. The van der Waals surface area contributed by atoms with Crippen molar-refractivity contribution < 1.29 is 23.9 Å². The number of imide groups is 1. The van der Waals surface area contributed by atoms with Gasteiger partial charge in [-0.1, -0.05) is 28.1 Å². The summed E-state index contributed by atoms with van der Waals surface area (Å²) in [6.07, 6.45) is 0. The highest BCUT2D eigenvalue weighted by Gasteiger charge is 2.34. The Labute approximate surface area is 166 Å². The van der Waals surface area contributed by atoms with E-state index in [1.807, 2.05) is 0 Å². The van der Waals surface area contributed by atoms with Crippen molar-refractivity contribution in [2.24, 2.45) is 0 Å². The first-order chi connectivity index (χ1) is 12.5. The lowest BCUT2D eigenvalue weighted by atomic mass is 10.1. The Balaban J connectivity index is 1.47. The summed E-state index contributed by atoms with van der Waals surface area (Å²) in [5, 5.41) is 0. The fourth-order valence-electron chi connectivity index (χ4n) is 2.46. The first-order valence-electron chi connectivity index (χ1n) is 7.66. The predicted octanol–water partition coefficient (Wildman–Crippen LogP) is 3.43. The van der Waals surface area contributed by atoms with E-state index >= 15 is 0 Å². The van der Waals surface area contributed by atoms with Gasteiger partial charge in [-0.15, -0.1) is 0 Å². The van der Waals surface area contributed by atoms with Crippen LogP contribution in [0.25, 0.3) is 0 Å². The van der Waals surface area contributed by atoms with Crippen molar-refractivity contribution in [3.8, 4) is 5.75 Å². The third-order valence-corrected chi connectivity index (χ3v) is 4.81. The SMILES string of the molecule is O=C(COc1ccc(Br)cc1Br)OCCN1C(=O)c2ccccc2C1=O. The molecular weight excluding hydrogens is 470 g/mol. The highest BCUT2D eigenvalue weighted by Crippen LogP contribution is 2.28. The normalized spacial score (nSPS) is 12.9. The molecule has 1 aliphatic rings. The zero-order valence-corrected chi connectivity index (χ0v) is 16.6. The summed E-state index contributed by atoms with van der Waals surface area (Å²) in [6, 6.07) is 11.9. The molecule has 134 valence electrons. The van der Waals surface area contributed by atoms with Crippen molar-refractivity contribution in [1.29, 1.82) is 0 Å². The number of nitrogens with zero attached hydrogens (tertiary/aromatic N) is 1. The summed E-state index contributed by atoms with van der Waals surface area (Å²) in [5.74, 6) is -0.838. The number of hydrogen-bond donors (Lipinski definition) is 0. The van der Waals surface area contributed by atoms with Gasteiger partial charge in [0.25, 0.3) is 11.8 Å². The molecule has 0 radical (unpaired) electrons. The van der Waals surface area contributed by atoms with E-state index in [2.05, 4.69) is 31.9 Å². The maximum atomic E-state index is 12.2. The van der Waals surface area contributed by atoms with Gasteiger partial charge < -0.3 is 9.47 Å². The highest BCUT2D eigenvalue weighted by atomic mass is 79.9. The molecule has 1 heterocycles. The standard InChI is InChI=1S/C18H13Br2NO5/c19-11-5-6-15(14(20)9-11)26-10-16(22)25-8-7-21-17(23)12-3-1-2-4-13(12)18(21)24/h1-6,9H,7-8,10H2. The molecule has 0 spiro atoms. The van der Waals surface area contributed by atoms with Crippen molar-refractivity contribution in [2.45, 2.75) is 0 Å². The van der Waals surface area contributed by atoms with E-state index in [9.17, 15) is 14.4 Å². The smallest absolute Gasteiger partial charge is 0.344 e. The molecule has 26 heavy (non-hydrogen) atoms. The summed E-state index contributed by atoms with van der Waals surface area (Å²) in [7, 11) is 0. The lowest BCUT2D eigenvalue weighted by molar-refractivity contribution is -0.146. The summed E-state index contributed by atoms with van der Waals surface area (Å²) < 4.78 is 12.0. The largest absolute Gasteiger partial charge is 0.481 e. The Bertz CT molecular complexity index is 849. The number of halogens is 2. The van der Waals surface area contributed by atoms with Crippen molar-refractivity contribution in [1.82, 2.24) is 4.90 Å². The molecule has 0 fully saturated rings. The number of carbonyl (C=O) groups excluding carboxylic acids is 3. The highest BCUT2D eigenvalue weighted by molar-refractivity contribution is 9.11. The summed E-state index contributed by atoms with van der Waals surface area (Å²) in [6.45, 7) is -0.364. The van der Waals surface area contributed by atoms with Crippen molar-refractivity contribution >= 4 is 49.6 Å². The fraction of sp³-hybridized carbons (Fsp3) is 0.167. The second-order valence-corrected chi connectivity index (χ2v) is 7.16. The summed E-state index contributed by atoms with van der Waals surface area (Å²) in [4.78, 5) is 37.2. The molecule has 0 saturated heterocycles. The van der Waals surface area contributed by atoms with Crippen LogP contribution in [0.1, 0.15) is 20.7 Å². The molecule has 2 aromatic carbocycles. The van der Waals surface area contributed by atoms with E-state index in [-0.39, 0.29) is 31.6 Å². The molecule has 1 aliphatic heterocycles. The Morgan fingerprint density at radius 1 is 1.00 bits per heavy atom. The first kappa shape index (κ1) is 18.6. The average Bonchev–Trinajstić information content (AvgIpc) is 2.86. The molecule has 3 rings (SSSR count). The minimum Gasteiger partial charge on any atom is -0.481 e. The number of benzene rings is 2. The Morgan fingerprint density at radius 3 is 2.27 bits per heavy atom. The minimum absolute atomic E-state index is 0.0000644. The van der Waals surface area contributed by atoms with Crippen LogP contribution in [-0.4, -0.2) is 42.4 Å². The predicted molar refractivity (Wildman–Crippen MR) is 100 cm³/mol. The van der Waals surface area contributed by atoms with Gasteiger partial charge in [0, 0.05) is 4.47 Å². The summed E-state index contributed by atoms with van der Waals surface area (Å²) in [5.41, 5.74) is 0.736. The lowest BCUT2D eigenvalue weighted by Gasteiger charge is -2.14. The average molecular weight is 483 g/mol. The van der Waals surface area contributed by atoms with Gasteiger partial charge in [-0.25, -0.2) is 4.79 Å². The van der Waals surface area contributed by atoms with Crippen LogP contribution >= 0.6 is 31.9 Å². The summed E-state index contributed by atoms with van der Waals surface area (Å²) >= 11 is 6.66. The maximum Gasteiger partial charge on any atom is 0.344 e. The molecule has 2 amide bonds. The van der Waals surface area contributed by atoms with E-state index in [1.54, 1.807) is 42.5 Å². The molecule has 2 aromatic rings. The van der Waals surface area contributed by atoms with E-state index in [1.165, 1.54) is 0 Å². The van der Waals surface area contributed by atoms with Gasteiger partial charge in [-0.05, 0) is 46.3 Å². The van der Waals surface area contributed by atoms with Crippen molar-refractivity contribution in [2.75, 3.05) is 19.8 Å². The first-order valence-corrected chi connectivity index (χ1v) is 9.24. The molecule has 6 nitrogen and oxygen atoms in total. The van der Waals surface area contributed by atoms with Crippen LogP contribution in [0.4, 0.5) is 0 Å². The molecule has 0 bridgehead atoms. The number of hydrogen-bond acceptors (Lipinski definition) is 5. The number of ether oxygens (including phenoxy) is 2. The number of fused-ring (bicyclic) bond motifs is 1. The topological polar surface area (TPSA) is 72.9 Å². The molecule has 0 atom stereocenters. The molecule has 8 heteroatoms. The molecular formula is C18H13Br2NO5. The van der Waals surface area contributed by atoms with Gasteiger partial charge in [0.15, 0.2) is 6.61 Å². The third kappa shape index (κ3) is 3.96. The number of carbonyl (C=O) groups is 3. The van der Waals surface area contributed by atoms with Gasteiger partial charge in [0.1, 0.15) is 12.4 Å². The fourth-order valence-corrected chi connectivity index (χ4v) is 3.63. The quantitative estimate of drug-likeness (QED) is 0.466. The van der Waals surface area contributed by atoms with E-state index in [4.69, 9.17) is 9.47 Å². The number of rotatable bonds is 6. The van der Waals surface area contributed by atoms with Crippen LogP contribution < -0.4 is 4.74 Å². The third-order valence-electron chi connectivity index (χ3n) is 3.70. The number of esters is 1. The molecule has 0 aromatic heterocycles. The number of amides is 2. The Kier molecular flexibility index (Phi) is 5.73. The van der Waals surface area contributed by atoms with Crippen LogP contribution in [-0.2, 0) is 9.53 Å². The second kappa shape index (κ2) is 8.01. The molecule has 0 unspecified atom stereocenters. The second-order valence-electron chi connectivity index (χ2n) is 5.39. The van der Waals surface area contributed by atoms with Crippen LogP contribution in [0.2, 0.25) is 0 Å². The van der Waals surface area contributed by atoms with Crippen LogP contribution in [0, 0.1) is 0 Å². The van der Waals surface area contributed by atoms with Gasteiger partial charge in [0.05, 0.1) is 22.1 Å². The van der Waals surface area contributed by atoms with Crippen LogP contribution in [0.15, 0.2) is 51.4 Å². The van der Waals surface area contributed by atoms with Crippen molar-refractivity contribution in [3.05, 3.63) is 62.5 Å².